The number of carbonyl (C=O) groups excluding carboxylic acids is 2. The van der Waals surface area contributed by atoms with Crippen molar-refractivity contribution in [2.75, 3.05) is 30.3 Å². The number of hydrogen-bond acceptors (Lipinski definition) is 10. The van der Waals surface area contributed by atoms with Gasteiger partial charge in [-0.2, -0.15) is 20.2 Å². The number of ether oxygens (including phenoxy) is 1. The fourth-order valence-corrected chi connectivity index (χ4v) is 3.68. The quantitative estimate of drug-likeness (QED) is 0.604. The van der Waals surface area contributed by atoms with Gasteiger partial charge in [0.1, 0.15) is 0 Å². The predicted octanol–water partition coefficient (Wildman–Crippen LogP) is 0.683. The zero-order valence-electron chi connectivity index (χ0n) is 16.8. The minimum atomic E-state index is -0.650. The Morgan fingerprint density at radius 2 is 2.03 bits per heavy atom. The molecule has 11 heteroatoms. The third kappa shape index (κ3) is 4.53. The lowest BCUT2D eigenvalue weighted by molar-refractivity contribution is 0.0995. The van der Waals surface area contributed by atoms with Crippen LogP contribution < -0.4 is 21.1 Å². The topological polar surface area (TPSA) is 174 Å². The maximum Gasteiger partial charge on any atom is 0.321 e. The number of amides is 1. The number of aromatic nitrogens is 4. The van der Waals surface area contributed by atoms with E-state index in [4.69, 9.17) is 21.5 Å². The van der Waals surface area contributed by atoms with E-state index in [1.54, 1.807) is 6.07 Å². The molecule has 1 amide bonds. The van der Waals surface area contributed by atoms with E-state index >= 15 is 0 Å². The third-order valence-corrected chi connectivity index (χ3v) is 5.62. The number of piperidine rings is 1. The van der Waals surface area contributed by atoms with Crippen LogP contribution in [0.4, 0.5) is 11.6 Å². The monoisotopic (exact) mass is 422 g/mol. The molecule has 0 radical (unpaired) electrons. The molecule has 2 aliphatic rings. The predicted molar refractivity (Wildman–Crippen MR) is 109 cm³/mol. The van der Waals surface area contributed by atoms with Crippen molar-refractivity contribution < 1.29 is 14.3 Å². The summed E-state index contributed by atoms with van der Waals surface area (Å²) < 4.78 is 5.61. The lowest BCUT2D eigenvalue weighted by Gasteiger charge is -2.31. The van der Waals surface area contributed by atoms with Crippen LogP contribution in [0.3, 0.4) is 0 Å². The number of pyridine rings is 1. The van der Waals surface area contributed by atoms with E-state index < -0.39 is 5.91 Å². The Bertz CT molecular complexity index is 1050. The second-order valence-corrected chi connectivity index (χ2v) is 7.74. The molecule has 3 heterocycles. The Morgan fingerprint density at radius 1 is 1.26 bits per heavy atom. The van der Waals surface area contributed by atoms with Crippen molar-refractivity contribution in [1.82, 2.24) is 19.9 Å². The van der Waals surface area contributed by atoms with Crippen LogP contribution >= 0.6 is 0 Å². The number of rotatable bonds is 7. The van der Waals surface area contributed by atoms with Crippen LogP contribution in [0, 0.1) is 23.2 Å². The number of nitrogens with two attached hydrogens (primary N) is 2. The van der Waals surface area contributed by atoms with Gasteiger partial charge in [-0.1, -0.05) is 0 Å². The zero-order chi connectivity index (χ0) is 22.0. The van der Waals surface area contributed by atoms with Crippen LogP contribution in [0.1, 0.15) is 52.0 Å². The van der Waals surface area contributed by atoms with Gasteiger partial charge in [-0.15, -0.1) is 0 Å². The van der Waals surface area contributed by atoms with Crippen LogP contribution in [-0.2, 0) is 0 Å². The number of nitrogen functional groups attached to an aromatic ring is 1. The molecule has 2 aromatic heterocycles. The minimum Gasteiger partial charge on any atom is -0.463 e. The maximum absolute atomic E-state index is 11.5. The summed E-state index contributed by atoms with van der Waals surface area (Å²) in [4.78, 5) is 41.6. The molecule has 4 N–H and O–H groups in total. The molecule has 2 unspecified atom stereocenters. The molecule has 1 saturated carbocycles. The third-order valence-electron chi connectivity index (χ3n) is 5.62. The highest BCUT2D eigenvalue weighted by Crippen LogP contribution is 2.37. The van der Waals surface area contributed by atoms with E-state index in [2.05, 4.69) is 26.0 Å². The summed E-state index contributed by atoms with van der Waals surface area (Å²) in [5.74, 6) is 0.0579. The van der Waals surface area contributed by atoms with E-state index in [1.165, 1.54) is 0 Å². The van der Waals surface area contributed by atoms with Crippen molar-refractivity contribution in [2.45, 2.75) is 25.2 Å². The highest BCUT2D eigenvalue weighted by molar-refractivity contribution is 5.95. The number of nitrogens with zero attached hydrogens (tertiary/aromatic N) is 6. The van der Waals surface area contributed by atoms with Crippen LogP contribution in [-0.4, -0.2) is 51.8 Å². The van der Waals surface area contributed by atoms with Crippen molar-refractivity contribution in [3.05, 3.63) is 29.3 Å². The smallest absolute Gasteiger partial charge is 0.321 e. The molecule has 31 heavy (non-hydrogen) atoms. The summed E-state index contributed by atoms with van der Waals surface area (Å²) in [5.41, 5.74) is 12.2. The number of primary amides is 1. The molecule has 0 bridgehead atoms. The molecule has 0 aromatic carbocycles. The maximum atomic E-state index is 11.5. The van der Waals surface area contributed by atoms with Gasteiger partial charge in [-0.25, -0.2) is 4.98 Å². The standard InChI is InChI=1S/C20H22N8O3/c21-8-12-7-13(12)10-31-20-26-16(9-29)25-19(27-20)28-5-3-11(4-6-28)15-2-1-14(22)17(24-15)18(23)30/h1-2,9,11-13H,3-7,10,22H2,(H2,23,30). The molecule has 11 nitrogen and oxygen atoms in total. The van der Waals surface area contributed by atoms with Gasteiger partial charge in [0.25, 0.3) is 5.91 Å². The van der Waals surface area contributed by atoms with Gasteiger partial charge in [0.2, 0.25) is 11.8 Å². The molecular formula is C20H22N8O3. The molecule has 1 saturated heterocycles. The van der Waals surface area contributed by atoms with Gasteiger partial charge in [-0.05, 0) is 31.4 Å². The summed E-state index contributed by atoms with van der Waals surface area (Å²) in [5, 5.41) is 8.90. The molecule has 0 spiro atoms. The summed E-state index contributed by atoms with van der Waals surface area (Å²) in [6, 6.07) is 5.76. The summed E-state index contributed by atoms with van der Waals surface area (Å²) in [6.07, 6.45) is 2.86. The largest absolute Gasteiger partial charge is 0.463 e. The molecule has 2 atom stereocenters. The van der Waals surface area contributed by atoms with Gasteiger partial charge in [0.05, 0.1) is 24.3 Å². The Kier molecular flexibility index (Phi) is 5.62. The average Bonchev–Trinajstić information content (AvgIpc) is 3.56. The van der Waals surface area contributed by atoms with Crippen LogP contribution in [0.15, 0.2) is 12.1 Å². The first kappa shape index (κ1) is 20.5. The minimum absolute atomic E-state index is 0.000977. The molecule has 4 rings (SSSR count). The number of hydrogen-bond donors (Lipinski definition) is 2. The van der Waals surface area contributed by atoms with Crippen molar-refractivity contribution in [1.29, 1.82) is 5.26 Å². The summed E-state index contributed by atoms with van der Waals surface area (Å²) in [6.45, 7) is 1.60. The van der Waals surface area contributed by atoms with Crippen molar-refractivity contribution >= 4 is 23.8 Å². The van der Waals surface area contributed by atoms with E-state index in [-0.39, 0.29) is 41.0 Å². The highest BCUT2D eigenvalue weighted by Gasteiger charge is 2.38. The first-order valence-electron chi connectivity index (χ1n) is 10.0. The molecule has 1 aliphatic carbocycles. The van der Waals surface area contributed by atoms with Crippen LogP contribution in [0.5, 0.6) is 6.01 Å². The SMILES string of the molecule is N#CC1CC1COc1nc(C=O)nc(N2CCC(c3ccc(N)c(C(N)=O)n3)CC2)n1. The Labute approximate surface area is 178 Å². The highest BCUT2D eigenvalue weighted by atomic mass is 16.5. The summed E-state index contributed by atoms with van der Waals surface area (Å²) >= 11 is 0. The van der Waals surface area contributed by atoms with Gasteiger partial charge >= 0.3 is 6.01 Å². The molecule has 2 fully saturated rings. The average molecular weight is 422 g/mol. The van der Waals surface area contributed by atoms with E-state index in [0.717, 1.165) is 25.0 Å². The second kappa shape index (κ2) is 8.51. The van der Waals surface area contributed by atoms with E-state index in [0.29, 0.717) is 31.9 Å². The number of aldehydes is 1. The lowest BCUT2D eigenvalue weighted by atomic mass is 9.93. The summed E-state index contributed by atoms with van der Waals surface area (Å²) in [7, 11) is 0. The van der Waals surface area contributed by atoms with Crippen molar-refractivity contribution in [3.8, 4) is 12.1 Å². The van der Waals surface area contributed by atoms with Crippen molar-refractivity contribution in [2.24, 2.45) is 17.6 Å². The zero-order valence-corrected chi connectivity index (χ0v) is 16.8. The van der Waals surface area contributed by atoms with Crippen LogP contribution in [0.2, 0.25) is 0 Å². The van der Waals surface area contributed by atoms with Gasteiger partial charge in [0.15, 0.2) is 12.0 Å². The molecule has 2 aromatic rings. The molecule has 160 valence electrons. The Balaban J connectivity index is 1.43. The van der Waals surface area contributed by atoms with Crippen molar-refractivity contribution in [3.63, 3.8) is 0 Å². The van der Waals surface area contributed by atoms with Gasteiger partial charge in [-0.3, -0.25) is 9.59 Å². The molecular weight excluding hydrogens is 400 g/mol. The Morgan fingerprint density at radius 3 is 2.68 bits per heavy atom. The van der Waals surface area contributed by atoms with E-state index in [1.807, 2.05) is 11.0 Å². The van der Waals surface area contributed by atoms with Crippen LogP contribution in [0.25, 0.3) is 0 Å². The molecule has 1 aliphatic heterocycles. The fraction of sp³-hybridized carbons (Fsp3) is 0.450. The number of carbonyl (C=O) groups is 2. The number of nitriles is 1. The Hall–Kier alpha value is -3.81. The van der Waals surface area contributed by atoms with E-state index in [9.17, 15) is 9.59 Å². The second-order valence-electron chi connectivity index (χ2n) is 7.74. The van der Waals surface area contributed by atoms with Gasteiger partial charge < -0.3 is 21.1 Å². The van der Waals surface area contributed by atoms with Gasteiger partial charge in [0, 0.05) is 30.6 Å². The first-order valence-corrected chi connectivity index (χ1v) is 10.0. The number of anilines is 2. The lowest BCUT2D eigenvalue weighted by Crippen LogP contribution is -2.35. The normalized spacial score (nSPS) is 20.7. The fourth-order valence-electron chi connectivity index (χ4n) is 3.68. The first-order chi connectivity index (χ1) is 15.0.